The second-order valence-corrected chi connectivity index (χ2v) is 6.09. The summed E-state index contributed by atoms with van der Waals surface area (Å²) in [5.74, 6) is 1.29. The summed E-state index contributed by atoms with van der Waals surface area (Å²) in [6.45, 7) is 0.684. The third-order valence-electron chi connectivity index (χ3n) is 3.84. The zero-order valence-corrected chi connectivity index (χ0v) is 13.0. The van der Waals surface area contributed by atoms with Crippen molar-refractivity contribution in [3.05, 3.63) is 23.7 Å². The number of rotatable bonds is 5. The van der Waals surface area contributed by atoms with E-state index >= 15 is 0 Å². The molecule has 9 heteroatoms. The third-order valence-corrected chi connectivity index (χ3v) is 4.01. The van der Waals surface area contributed by atoms with Gasteiger partial charge in [-0.2, -0.15) is 5.10 Å². The monoisotopic (exact) mass is 333 g/mol. The number of aromatic nitrogens is 4. The number of hydrogen-bond donors (Lipinski definition) is 3. The number of carbonyl (C=O) groups excluding carboxylic acids is 1. The Morgan fingerprint density at radius 2 is 2.09 bits per heavy atom. The number of nitrogens with one attached hydrogen (secondary N) is 3. The Labute approximate surface area is 137 Å². The highest BCUT2D eigenvalue weighted by Gasteiger charge is 2.26. The fourth-order valence-electron chi connectivity index (χ4n) is 2.55. The van der Waals surface area contributed by atoms with Crippen LogP contribution in [0.1, 0.15) is 25.3 Å². The normalized spacial score (nSPS) is 20.4. The highest BCUT2D eigenvalue weighted by atomic mass is 35.5. The number of anilines is 3. The van der Waals surface area contributed by atoms with Crippen LogP contribution in [0.2, 0.25) is 5.28 Å². The molecule has 1 amide bonds. The van der Waals surface area contributed by atoms with E-state index in [9.17, 15) is 4.79 Å². The summed E-state index contributed by atoms with van der Waals surface area (Å²) < 4.78 is 1.66. The first kappa shape index (κ1) is 14.3. The molecule has 2 fully saturated rings. The molecule has 3 N–H and O–H groups in total. The first-order chi connectivity index (χ1) is 11.2. The Hall–Kier alpha value is -2.35. The lowest BCUT2D eigenvalue weighted by molar-refractivity contribution is -0.122. The fraction of sp³-hybridized carbons (Fsp3) is 0.429. The van der Waals surface area contributed by atoms with Gasteiger partial charge in [0.05, 0.1) is 11.9 Å². The van der Waals surface area contributed by atoms with Crippen LogP contribution in [0.5, 0.6) is 0 Å². The van der Waals surface area contributed by atoms with E-state index < -0.39 is 0 Å². The number of halogens is 1. The number of amides is 1. The van der Waals surface area contributed by atoms with Crippen LogP contribution in [0.4, 0.5) is 17.3 Å². The molecule has 8 nitrogen and oxygen atoms in total. The highest BCUT2D eigenvalue weighted by Crippen LogP contribution is 2.26. The molecule has 1 aliphatic carbocycles. The first-order valence-electron chi connectivity index (χ1n) is 7.57. The van der Waals surface area contributed by atoms with Gasteiger partial charge in [-0.1, -0.05) is 0 Å². The molecule has 120 valence electrons. The molecule has 0 bridgehead atoms. The van der Waals surface area contributed by atoms with Crippen molar-refractivity contribution in [1.82, 2.24) is 25.1 Å². The van der Waals surface area contributed by atoms with E-state index in [1.165, 1.54) is 0 Å². The molecule has 2 aliphatic rings. The van der Waals surface area contributed by atoms with E-state index in [-0.39, 0.29) is 17.2 Å². The van der Waals surface area contributed by atoms with Gasteiger partial charge >= 0.3 is 0 Å². The zero-order chi connectivity index (χ0) is 15.8. The summed E-state index contributed by atoms with van der Waals surface area (Å²) >= 11 is 5.97. The molecule has 0 radical (unpaired) electrons. The smallest absolute Gasteiger partial charge is 0.244 e. The van der Waals surface area contributed by atoms with Crippen molar-refractivity contribution in [3.63, 3.8) is 0 Å². The van der Waals surface area contributed by atoms with Gasteiger partial charge in [0.1, 0.15) is 17.7 Å². The van der Waals surface area contributed by atoms with E-state index in [1.807, 2.05) is 6.07 Å². The predicted octanol–water partition coefficient (Wildman–Crippen LogP) is 1.71. The summed E-state index contributed by atoms with van der Waals surface area (Å²) in [5.41, 5.74) is 0.747. The molecule has 3 heterocycles. The molecule has 1 aliphatic heterocycles. The Kier molecular flexibility index (Phi) is 3.53. The summed E-state index contributed by atoms with van der Waals surface area (Å²) in [6.07, 6.45) is 6.51. The van der Waals surface area contributed by atoms with Crippen molar-refractivity contribution in [3.8, 4) is 0 Å². The van der Waals surface area contributed by atoms with Crippen molar-refractivity contribution >= 4 is 34.8 Å². The second-order valence-electron chi connectivity index (χ2n) is 5.76. The third kappa shape index (κ3) is 3.21. The standard InChI is InChI=1S/C14H16ClN7O/c15-14-20-11(18-8-1-2-8)5-12(21-14)19-9-6-17-22(7-9)10-3-4-16-13(10)23/h5-8,10H,1-4H2,(H,16,23)(H2,18,19,20,21). The summed E-state index contributed by atoms with van der Waals surface area (Å²) in [7, 11) is 0. The van der Waals surface area contributed by atoms with Crippen LogP contribution in [0.25, 0.3) is 0 Å². The van der Waals surface area contributed by atoms with Crippen molar-refractivity contribution in [1.29, 1.82) is 0 Å². The predicted molar refractivity (Wildman–Crippen MR) is 85.9 cm³/mol. The molecule has 1 unspecified atom stereocenters. The molecular weight excluding hydrogens is 318 g/mol. The molecule has 1 saturated carbocycles. The fourth-order valence-corrected chi connectivity index (χ4v) is 2.73. The van der Waals surface area contributed by atoms with Gasteiger partial charge in [-0.3, -0.25) is 9.48 Å². The maximum Gasteiger partial charge on any atom is 0.244 e. The van der Waals surface area contributed by atoms with Gasteiger partial charge in [-0.05, 0) is 30.9 Å². The van der Waals surface area contributed by atoms with E-state index in [2.05, 4.69) is 31.0 Å². The van der Waals surface area contributed by atoms with E-state index in [4.69, 9.17) is 11.6 Å². The Bertz CT molecular complexity index is 742. The number of hydrogen-bond acceptors (Lipinski definition) is 6. The summed E-state index contributed by atoms with van der Waals surface area (Å²) in [4.78, 5) is 20.0. The Morgan fingerprint density at radius 3 is 2.83 bits per heavy atom. The minimum atomic E-state index is -0.244. The molecular formula is C14H16ClN7O. The van der Waals surface area contributed by atoms with Gasteiger partial charge in [-0.25, -0.2) is 9.97 Å². The molecule has 0 aromatic carbocycles. The minimum absolute atomic E-state index is 0.000602. The van der Waals surface area contributed by atoms with E-state index in [0.717, 1.165) is 24.9 Å². The van der Waals surface area contributed by atoms with Crippen LogP contribution in [0, 0.1) is 0 Å². The van der Waals surface area contributed by atoms with Gasteiger partial charge < -0.3 is 16.0 Å². The van der Waals surface area contributed by atoms with Crippen LogP contribution in [-0.4, -0.2) is 38.2 Å². The lowest BCUT2D eigenvalue weighted by Gasteiger charge is -2.08. The van der Waals surface area contributed by atoms with Gasteiger partial charge in [-0.15, -0.1) is 0 Å². The SMILES string of the molecule is O=C1NCCC1n1cc(Nc2cc(NC3CC3)nc(Cl)n2)cn1. The first-order valence-corrected chi connectivity index (χ1v) is 7.95. The van der Waals surface area contributed by atoms with Crippen molar-refractivity contribution in [2.24, 2.45) is 0 Å². The molecule has 2 aromatic rings. The molecule has 4 rings (SSSR count). The second kappa shape index (κ2) is 5.69. The number of carbonyl (C=O) groups is 1. The van der Waals surface area contributed by atoms with Gasteiger partial charge in [0, 0.05) is 24.8 Å². The quantitative estimate of drug-likeness (QED) is 0.721. The topological polar surface area (TPSA) is 96.8 Å². The molecule has 1 atom stereocenters. The van der Waals surface area contributed by atoms with Crippen molar-refractivity contribution in [2.45, 2.75) is 31.3 Å². The van der Waals surface area contributed by atoms with E-state index in [1.54, 1.807) is 17.1 Å². The van der Waals surface area contributed by atoms with Gasteiger partial charge in [0.25, 0.3) is 0 Å². The van der Waals surface area contributed by atoms with Crippen molar-refractivity contribution < 1.29 is 4.79 Å². The molecule has 23 heavy (non-hydrogen) atoms. The highest BCUT2D eigenvalue weighted by molar-refractivity contribution is 6.28. The van der Waals surface area contributed by atoms with E-state index in [0.29, 0.717) is 24.2 Å². The Morgan fingerprint density at radius 1 is 1.26 bits per heavy atom. The molecule has 2 aromatic heterocycles. The largest absolute Gasteiger partial charge is 0.367 e. The van der Waals surface area contributed by atoms with Crippen LogP contribution < -0.4 is 16.0 Å². The minimum Gasteiger partial charge on any atom is -0.367 e. The lowest BCUT2D eigenvalue weighted by Crippen LogP contribution is -2.22. The van der Waals surface area contributed by atoms with Crippen LogP contribution >= 0.6 is 11.6 Å². The average Bonchev–Trinajstić information content (AvgIpc) is 3.02. The van der Waals surface area contributed by atoms with Crippen LogP contribution in [0.3, 0.4) is 0 Å². The maximum atomic E-state index is 11.7. The Balaban J connectivity index is 1.50. The van der Waals surface area contributed by atoms with Crippen molar-refractivity contribution in [2.75, 3.05) is 17.2 Å². The average molecular weight is 334 g/mol. The van der Waals surface area contributed by atoms with Crippen LogP contribution in [-0.2, 0) is 4.79 Å². The summed E-state index contributed by atoms with van der Waals surface area (Å²) in [6, 6.07) is 2.05. The lowest BCUT2D eigenvalue weighted by atomic mass is 10.2. The molecule has 0 spiro atoms. The zero-order valence-electron chi connectivity index (χ0n) is 12.3. The molecule has 1 saturated heterocycles. The van der Waals surface area contributed by atoms with Gasteiger partial charge in [0.2, 0.25) is 11.2 Å². The number of nitrogens with zero attached hydrogens (tertiary/aromatic N) is 4. The maximum absolute atomic E-state index is 11.7. The van der Waals surface area contributed by atoms with Crippen LogP contribution in [0.15, 0.2) is 18.5 Å². The summed E-state index contributed by atoms with van der Waals surface area (Å²) in [5, 5.41) is 13.7. The van der Waals surface area contributed by atoms with Gasteiger partial charge in [0.15, 0.2) is 0 Å².